The molecule has 1 unspecified atom stereocenters. The Morgan fingerprint density at radius 3 is 2.68 bits per heavy atom. The van der Waals surface area contributed by atoms with Gasteiger partial charge < -0.3 is 5.11 Å². The Hall–Kier alpha value is -1.61. The predicted octanol–water partition coefficient (Wildman–Crippen LogP) is 2.61. The normalized spacial score (nSPS) is 12.6. The van der Waals surface area contributed by atoms with Crippen molar-refractivity contribution in [3.8, 4) is 0 Å². The second-order valence-electron chi connectivity index (χ2n) is 5.15. The van der Waals surface area contributed by atoms with E-state index in [1.54, 1.807) is 0 Å². The van der Waals surface area contributed by atoms with Crippen LogP contribution in [0, 0.1) is 12.8 Å². The highest BCUT2D eigenvalue weighted by molar-refractivity contribution is 5.23. The van der Waals surface area contributed by atoms with Crippen molar-refractivity contribution in [2.24, 2.45) is 5.92 Å². The van der Waals surface area contributed by atoms with Gasteiger partial charge in [0.05, 0.1) is 6.20 Å². The van der Waals surface area contributed by atoms with Crippen molar-refractivity contribution in [1.29, 1.82) is 0 Å². The largest absolute Gasteiger partial charge is 0.396 e. The van der Waals surface area contributed by atoms with Crippen molar-refractivity contribution in [2.75, 3.05) is 6.61 Å². The smallest absolute Gasteiger partial charge is 0.0521 e. The third kappa shape index (κ3) is 3.93. The summed E-state index contributed by atoms with van der Waals surface area (Å²) in [6.45, 7) is 5.28. The van der Waals surface area contributed by atoms with E-state index in [-0.39, 0.29) is 12.5 Å². The molecule has 0 aliphatic rings. The van der Waals surface area contributed by atoms with Gasteiger partial charge in [0, 0.05) is 19.3 Å². The number of rotatable bonds is 6. The van der Waals surface area contributed by atoms with Crippen LogP contribution in [0.3, 0.4) is 0 Å². The molecule has 1 aromatic heterocycles. The molecule has 0 aliphatic heterocycles. The number of aryl methyl sites for hydroxylation is 2. The molecule has 19 heavy (non-hydrogen) atoms. The maximum absolute atomic E-state index is 9.55. The van der Waals surface area contributed by atoms with Gasteiger partial charge in [-0.2, -0.15) is 5.10 Å². The van der Waals surface area contributed by atoms with Gasteiger partial charge in [-0.15, -0.1) is 0 Å². The lowest BCUT2D eigenvalue weighted by Gasteiger charge is -2.13. The third-order valence-electron chi connectivity index (χ3n) is 3.40. The van der Waals surface area contributed by atoms with Gasteiger partial charge in [0.25, 0.3) is 0 Å². The van der Waals surface area contributed by atoms with Crippen LogP contribution in [0.2, 0.25) is 0 Å². The number of hydrogen-bond acceptors (Lipinski definition) is 2. The van der Waals surface area contributed by atoms with E-state index in [2.05, 4.69) is 49.4 Å². The van der Waals surface area contributed by atoms with Crippen LogP contribution in [0.15, 0.2) is 36.7 Å². The molecule has 2 aromatic rings. The van der Waals surface area contributed by atoms with Gasteiger partial charge in [-0.25, -0.2) is 0 Å². The summed E-state index contributed by atoms with van der Waals surface area (Å²) in [5.41, 5.74) is 3.77. The highest BCUT2D eigenvalue weighted by Crippen LogP contribution is 2.15. The van der Waals surface area contributed by atoms with E-state index in [4.69, 9.17) is 0 Å². The summed E-state index contributed by atoms with van der Waals surface area (Å²) in [7, 11) is 0. The Labute approximate surface area is 114 Å². The van der Waals surface area contributed by atoms with Crippen molar-refractivity contribution in [2.45, 2.75) is 33.2 Å². The summed E-state index contributed by atoms with van der Waals surface area (Å²) >= 11 is 0. The van der Waals surface area contributed by atoms with Crippen LogP contribution >= 0.6 is 0 Å². The predicted molar refractivity (Wildman–Crippen MR) is 77.1 cm³/mol. The summed E-state index contributed by atoms with van der Waals surface area (Å²) < 4.78 is 1.93. The van der Waals surface area contributed by atoms with Crippen molar-refractivity contribution in [1.82, 2.24) is 9.78 Å². The Balaban J connectivity index is 2.00. The molecule has 3 heteroatoms. The maximum atomic E-state index is 9.55. The first-order valence-corrected chi connectivity index (χ1v) is 6.89. The summed E-state index contributed by atoms with van der Waals surface area (Å²) in [5.74, 6) is 0.260. The van der Waals surface area contributed by atoms with E-state index < -0.39 is 0 Å². The molecule has 0 fully saturated rings. The van der Waals surface area contributed by atoms with Gasteiger partial charge >= 0.3 is 0 Å². The number of aromatic nitrogens is 2. The van der Waals surface area contributed by atoms with E-state index in [1.165, 1.54) is 16.7 Å². The van der Waals surface area contributed by atoms with Gasteiger partial charge in [-0.05, 0) is 43.7 Å². The molecule has 1 atom stereocenters. The van der Waals surface area contributed by atoms with Crippen molar-refractivity contribution in [3.05, 3.63) is 53.3 Å². The lowest BCUT2D eigenvalue weighted by atomic mass is 9.94. The summed E-state index contributed by atoms with van der Waals surface area (Å²) in [6.07, 6.45) is 5.77. The number of hydrogen-bond donors (Lipinski definition) is 1. The van der Waals surface area contributed by atoms with Crippen LogP contribution < -0.4 is 0 Å². The first kappa shape index (κ1) is 13.8. The molecule has 102 valence electrons. The number of benzene rings is 1. The fraction of sp³-hybridized carbons (Fsp3) is 0.438. The highest BCUT2D eigenvalue weighted by atomic mass is 16.3. The van der Waals surface area contributed by atoms with Crippen LogP contribution in [0.1, 0.15) is 23.6 Å². The lowest BCUT2D eigenvalue weighted by Crippen LogP contribution is -2.12. The van der Waals surface area contributed by atoms with Crippen molar-refractivity contribution >= 4 is 0 Å². The van der Waals surface area contributed by atoms with Crippen LogP contribution in [0.5, 0.6) is 0 Å². The molecule has 0 bridgehead atoms. The molecule has 2 rings (SSSR count). The van der Waals surface area contributed by atoms with Crippen LogP contribution in [0.4, 0.5) is 0 Å². The average molecular weight is 258 g/mol. The van der Waals surface area contributed by atoms with Crippen molar-refractivity contribution < 1.29 is 5.11 Å². The lowest BCUT2D eigenvalue weighted by molar-refractivity contribution is 0.225. The molecule has 0 amide bonds. The Bertz CT molecular complexity index is 519. The molecule has 0 spiro atoms. The van der Waals surface area contributed by atoms with Crippen LogP contribution in [-0.2, 0) is 19.4 Å². The zero-order valence-corrected chi connectivity index (χ0v) is 11.7. The molecular formula is C16H22N2O. The zero-order chi connectivity index (χ0) is 13.7. The van der Waals surface area contributed by atoms with E-state index in [0.29, 0.717) is 0 Å². The van der Waals surface area contributed by atoms with Crippen LogP contribution in [0.25, 0.3) is 0 Å². The number of aliphatic hydroxyl groups excluding tert-OH is 1. The molecule has 0 aliphatic carbocycles. The summed E-state index contributed by atoms with van der Waals surface area (Å²) in [4.78, 5) is 0. The number of nitrogens with zero attached hydrogens (tertiary/aromatic N) is 2. The van der Waals surface area contributed by atoms with Crippen molar-refractivity contribution in [3.63, 3.8) is 0 Å². The Morgan fingerprint density at radius 2 is 2.05 bits per heavy atom. The second kappa shape index (κ2) is 6.53. The molecule has 0 saturated carbocycles. The average Bonchev–Trinajstić information content (AvgIpc) is 2.85. The number of aliphatic hydroxyl groups is 1. The minimum atomic E-state index is 0.214. The first-order valence-electron chi connectivity index (χ1n) is 6.89. The van der Waals surface area contributed by atoms with Gasteiger partial charge in [-0.3, -0.25) is 4.68 Å². The van der Waals surface area contributed by atoms with Gasteiger partial charge in [0.1, 0.15) is 0 Å². The maximum Gasteiger partial charge on any atom is 0.0521 e. The summed E-state index contributed by atoms with van der Waals surface area (Å²) in [6, 6.07) is 8.50. The molecule has 1 heterocycles. The fourth-order valence-electron chi connectivity index (χ4n) is 2.39. The molecule has 3 nitrogen and oxygen atoms in total. The van der Waals surface area contributed by atoms with Gasteiger partial charge in [-0.1, -0.05) is 29.8 Å². The van der Waals surface area contributed by atoms with E-state index in [0.717, 1.165) is 19.4 Å². The molecule has 0 radical (unpaired) electrons. The summed E-state index contributed by atoms with van der Waals surface area (Å²) in [5, 5.41) is 13.8. The standard InChI is InChI=1S/C16H22N2O/c1-3-18-11-16(10-17-18)9-15(12-19)8-14-6-4-5-13(2)7-14/h4-7,10-11,15,19H,3,8-9,12H2,1-2H3. The zero-order valence-electron chi connectivity index (χ0n) is 11.7. The molecule has 1 N–H and O–H groups in total. The fourth-order valence-corrected chi connectivity index (χ4v) is 2.39. The Kier molecular flexibility index (Phi) is 4.74. The molecular weight excluding hydrogens is 236 g/mol. The Morgan fingerprint density at radius 1 is 1.26 bits per heavy atom. The minimum absolute atomic E-state index is 0.214. The third-order valence-corrected chi connectivity index (χ3v) is 3.40. The quantitative estimate of drug-likeness (QED) is 0.865. The topological polar surface area (TPSA) is 38.0 Å². The van der Waals surface area contributed by atoms with E-state index in [9.17, 15) is 5.11 Å². The SMILES string of the molecule is CCn1cc(CC(CO)Cc2cccc(C)c2)cn1. The monoisotopic (exact) mass is 258 g/mol. The molecule has 1 aromatic carbocycles. The highest BCUT2D eigenvalue weighted by Gasteiger charge is 2.11. The van der Waals surface area contributed by atoms with E-state index in [1.807, 2.05) is 10.9 Å². The minimum Gasteiger partial charge on any atom is -0.396 e. The van der Waals surface area contributed by atoms with Crippen LogP contribution in [-0.4, -0.2) is 21.5 Å². The second-order valence-corrected chi connectivity index (χ2v) is 5.15. The van der Waals surface area contributed by atoms with Gasteiger partial charge in [0.15, 0.2) is 0 Å². The van der Waals surface area contributed by atoms with Gasteiger partial charge in [0.2, 0.25) is 0 Å². The van der Waals surface area contributed by atoms with E-state index >= 15 is 0 Å². The first-order chi connectivity index (χ1) is 9.21. The molecule has 0 saturated heterocycles.